The third-order valence-electron chi connectivity index (χ3n) is 6.35. The lowest BCUT2D eigenvalue weighted by molar-refractivity contribution is 0.0704. The first kappa shape index (κ1) is 18.4. The number of carbonyl (C=O) groups excluding carboxylic acids is 1. The van der Waals surface area contributed by atoms with Crippen molar-refractivity contribution < 1.29 is 9.21 Å². The summed E-state index contributed by atoms with van der Waals surface area (Å²) in [6.07, 6.45) is 6.14. The van der Waals surface area contributed by atoms with Gasteiger partial charge >= 0.3 is 0 Å². The van der Waals surface area contributed by atoms with Gasteiger partial charge in [0.2, 0.25) is 0 Å². The Morgan fingerprint density at radius 2 is 1.97 bits per heavy atom. The first-order chi connectivity index (χ1) is 14.2. The number of hydrogen-bond donors (Lipinski definition) is 0. The Morgan fingerprint density at radius 1 is 1.14 bits per heavy atom. The van der Waals surface area contributed by atoms with Crippen LogP contribution < -0.4 is 0 Å². The van der Waals surface area contributed by atoms with Gasteiger partial charge in [0.05, 0.1) is 12.1 Å². The number of amides is 1. The summed E-state index contributed by atoms with van der Waals surface area (Å²) in [5, 5.41) is 9.87. The van der Waals surface area contributed by atoms with Crippen molar-refractivity contribution in [2.75, 3.05) is 26.2 Å². The minimum absolute atomic E-state index is 0.0408. The normalized spacial score (nSPS) is 20.6. The molecule has 29 heavy (non-hydrogen) atoms. The van der Waals surface area contributed by atoms with Crippen molar-refractivity contribution >= 4 is 16.9 Å². The molecule has 3 aromatic rings. The summed E-state index contributed by atoms with van der Waals surface area (Å²) >= 11 is 0. The van der Waals surface area contributed by atoms with Crippen molar-refractivity contribution in [2.24, 2.45) is 7.05 Å². The van der Waals surface area contributed by atoms with Gasteiger partial charge in [-0.1, -0.05) is 18.2 Å². The molecule has 2 aliphatic heterocycles. The zero-order chi connectivity index (χ0) is 19.8. The number of aromatic nitrogens is 3. The van der Waals surface area contributed by atoms with Crippen LogP contribution in [0, 0.1) is 0 Å². The molecule has 1 atom stereocenters. The number of hydrogen-bond acceptors (Lipinski definition) is 5. The van der Waals surface area contributed by atoms with Crippen LogP contribution >= 0.6 is 0 Å². The first-order valence-corrected chi connectivity index (χ1v) is 10.6. The van der Waals surface area contributed by atoms with E-state index in [2.05, 4.69) is 26.7 Å². The highest BCUT2D eigenvalue weighted by molar-refractivity contribution is 6.05. The van der Waals surface area contributed by atoms with E-state index >= 15 is 0 Å². The maximum Gasteiger partial charge on any atom is 0.257 e. The van der Waals surface area contributed by atoms with Crippen LogP contribution in [0.1, 0.15) is 53.6 Å². The summed E-state index contributed by atoms with van der Waals surface area (Å²) in [6.45, 7) is 4.60. The predicted octanol–water partition coefficient (Wildman–Crippen LogP) is 3.18. The molecule has 2 saturated heterocycles. The van der Waals surface area contributed by atoms with E-state index in [9.17, 15) is 4.79 Å². The van der Waals surface area contributed by atoms with E-state index in [1.807, 2.05) is 29.2 Å². The highest BCUT2D eigenvalue weighted by Crippen LogP contribution is 2.29. The van der Waals surface area contributed by atoms with Crippen molar-refractivity contribution in [3.8, 4) is 0 Å². The van der Waals surface area contributed by atoms with Crippen molar-refractivity contribution in [3.05, 3.63) is 47.7 Å². The van der Waals surface area contributed by atoms with Gasteiger partial charge in [0.15, 0.2) is 0 Å². The molecule has 7 nitrogen and oxygen atoms in total. The van der Waals surface area contributed by atoms with E-state index < -0.39 is 0 Å². The molecule has 5 rings (SSSR count). The number of para-hydroxylation sites is 1. The quantitative estimate of drug-likeness (QED) is 0.681. The lowest BCUT2D eigenvalue weighted by Gasteiger charge is -2.32. The zero-order valence-electron chi connectivity index (χ0n) is 16.9. The van der Waals surface area contributed by atoms with Crippen LogP contribution in [0.15, 0.2) is 34.9 Å². The number of furan rings is 1. The molecule has 2 fully saturated rings. The summed E-state index contributed by atoms with van der Waals surface area (Å²) in [7, 11) is 2.06. The van der Waals surface area contributed by atoms with Crippen LogP contribution in [0.25, 0.3) is 11.0 Å². The van der Waals surface area contributed by atoms with E-state index in [1.54, 1.807) is 6.26 Å². The number of benzene rings is 1. The van der Waals surface area contributed by atoms with Crippen LogP contribution in [0.2, 0.25) is 0 Å². The van der Waals surface area contributed by atoms with Crippen LogP contribution in [0.4, 0.5) is 0 Å². The van der Waals surface area contributed by atoms with Crippen LogP contribution in [-0.2, 0) is 13.6 Å². The second-order valence-electron chi connectivity index (χ2n) is 8.25. The van der Waals surface area contributed by atoms with E-state index in [0.717, 1.165) is 61.6 Å². The Bertz CT molecular complexity index is 1020. The summed E-state index contributed by atoms with van der Waals surface area (Å²) in [6, 6.07) is 7.70. The zero-order valence-corrected chi connectivity index (χ0v) is 16.9. The molecule has 1 amide bonds. The smallest absolute Gasteiger partial charge is 0.257 e. The minimum atomic E-state index is 0.0408. The largest absolute Gasteiger partial charge is 0.463 e. The topological polar surface area (TPSA) is 67.4 Å². The fraction of sp³-hybridized carbons (Fsp3) is 0.500. The van der Waals surface area contributed by atoms with Gasteiger partial charge in [0, 0.05) is 31.4 Å². The average molecular weight is 393 g/mol. The Labute approximate surface area is 170 Å². The van der Waals surface area contributed by atoms with E-state index in [-0.39, 0.29) is 11.8 Å². The number of fused-ring (bicyclic) bond motifs is 1. The molecule has 0 aliphatic carbocycles. The van der Waals surface area contributed by atoms with E-state index in [0.29, 0.717) is 12.1 Å². The van der Waals surface area contributed by atoms with Gasteiger partial charge in [-0.2, -0.15) is 0 Å². The lowest BCUT2D eigenvalue weighted by Crippen LogP contribution is -2.39. The van der Waals surface area contributed by atoms with Gasteiger partial charge < -0.3 is 13.9 Å². The highest BCUT2D eigenvalue weighted by atomic mass is 16.3. The maximum atomic E-state index is 13.2. The molecule has 2 aromatic heterocycles. The second-order valence-corrected chi connectivity index (χ2v) is 8.25. The molecule has 7 heteroatoms. The van der Waals surface area contributed by atoms with Gasteiger partial charge in [-0.15, -0.1) is 10.2 Å². The number of rotatable bonds is 4. The molecular weight excluding hydrogens is 366 g/mol. The molecule has 0 saturated carbocycles. The molecule has 0 N–H and O–H groups in total. The third-order valence-corrected chi connectivity index (χ3v) is 6.35. The summed E-state index contributed by atoms with van der Waals surface area (Å²) in [5.74, 6) is 2.27. The van der Waals surface area contributed by atoms with Gasteiger partial charge in [-0.3, -0.25) is 9.69 Å². The second kappa shape index (κ2) is 7.63. The van der Waals surface area contributed by atoms with Crippen molar-refractivity contribution in [2.45, 2.75) is 38.1 Å². The standard InChI is InChI=1S/C22H27N5O2/c1-25-20(14-26-10-4-5-11-26)23-24-21(25)16-7-6-12-27(13-16)22(28)18-15-29-19-9-3-2-8-17(18)19/h2-3,8-9,15-16H,4-7,10-14H2,1H3/t16-/m0/s1. The molecular formula is C22H27N5O2. The third kappa shape index (κ3) is 3.44. The van der Waals surface area contributed by atoms with Gasteiger partial charge in [-0.05, 0) is 44.8 Å². The highest BCUT2D eigenvalue weighted by Gasteiger charge is 2.30. The maximum absolute atomic E-state index is 13.2. The lowest BCUT2D eigenvalue weighted by atomic mass is 9.96. The summed E-state index contributed by atoms with van der Waals surface area (Å²) in [4.78, 5) is 17.6. The van der Waals surface area contributed by atoms with Crippen molar-refractivity contribution in [1.82, 2.24) is 24.6 Å². The van der Waals surface area contributed by atoms with Crippen molar-refractivity contribution in [1.29, 1.82) is 0 Å². The molecule has 0 radical (unpaired) electrons. The van der Waals surface area contributed by atoms with Gasteiger partial charge in [-0.25, -0.2) is 0 Å². The molecule has 4 heterocycles. The van der Waals surface area contributed by atoms with Crippen LogP contribution in [0.5, 0.6) is 0 Å². The SMILES string of the molecule is Cn1c(CN2CCCC2)nnc1[C@H]1CCCN(C(=O)c2coc3ccccc23)C1. The Hall–Kier alpha value is -2.67. The van der Waals surface area contributed by atoms with Crippen LogP contribution in [0.3, 0.4) is 0 Å². The summed E-state index contributed by atoms with van der Waals surface area (Å²) in [5.41, 5.74) is 1.40. The average Bonchev–Trinajstić information content (AvgIpc) is 3.49. The monoisotopic (exact) mass is 393 g/mol. The summed E-state index contributed by atoms with van der Waals surface area (Å²) < 4.78 is 7.72. The minimum Gasteiger partial charge on any atom is -0.463 e. The van der Waals surface area contributed by atoms with Crippen LogP contribution in [-0.4, -0.2) is 56.7 Å². The number of nitrogens with zero attached hydrogens (tertiary/aromatic N) is 5. The molecule has 0 spiro atoms. The van der Waals surface area contributed by atoms with Crippen molar-refractivity contribution in [3.63, 3.8) is 0 Å². The number of likely N-dealkylation sites (tertiary alicyclic amines) is 2. The van der Waals surface area contributed by atoms with E-state index in [1.165, 1.54) is 12.8 Å². The predicted molar refractivity (Wildman–Crippen MR) is 110 cm³/mol. The fourth-order valence-corrected chi connectivity index (χ4v) is 4.70. The Morgan fingerprint density at radius 3 is 2.83 bits per heavy atom. The number of piperidine rings is 1. The van der Waals surface area contributed by atoms with Gasteiger partial charge in [0.1, 0.15) is 23.5 Å². The molecule has 152 valence electrons. The molecule has 1 aromatic carbocycles. The number of carbonyl (C=O) groups is 1. The Balaban J connectivity index is 1.33. The van der Waals surface area contributed by atoms with Gasteiger partial charge in [0.25, 0.3) is 5.91 Å². The molecule has 0 bridgehead atoms. The first-order valence-electron chi connectivity index (χ1n) is 10.6. The molecule has 2 aliphatic rings. The Kier molecular flexibility index (Phi) is 4.83. The fourth-order valence-electron chi connectivity index (χ4n) is 4.70. The van der Waals surface area contributed by atoms with E-state index in [4.69, 9.17) is 4.42 Å². The molecule has 0 unspecified atom stereocenters.